The van der Waals surface area contributed by atoms with Gasteiger partial charge in [-0.2, -0.15) is 0 Å². The Morgan fingerprint density at radius 3 is 0.855 bits per heavy atom. The van der Waals surface area contributed by atoms with Crippen molar-refractivity contribution < 1.29 is 28.6 Å². The number of rotatable bonds is 55. The molecule has 0 fully saturated rings. The Morgan fingerprint density at radius 2 is 0.551 bits per heavy atom. The van der Waals surface area contributed by atoms with Gasteiger partial charge in [-0.25, -0.2) is 0 Å². The van der Waals surface area contributed by atoms with Crippen molar-refractivity contribution in [1.29, 1.82) is 0 Å². The summed E-state index contributed by atoms with van der Waals surface area (Å²) < 4.78 is 16.8. The monoisotopic (exact) mass is 967 g/mol. The highest BCUT2D eigenvalue weighted by Gasteiger charge is 2.19. The highest BCUT2D eigenvalue weighted by atomic mass is 16.6. The smallest absolute Gasteiger partial charge is 0.306 e. The van der Waals surface area contributed by atoms with Crippen LogP contribution in [0.2, 0.25) is 0 Å². The first-order valence-electron chi connectivity index (χ1n) is 30.1. The average molecular weight is 968 g/mol. The first-order chi connectivity index (χ1) is 34.0. The number of hydrogen-bond donors (Lipinski definition) is 0. The summed E-state index contributed by atoms with van der Waals surface area (Å²) in [6.07, 6.45) is 71.3. The highest BCUT2D eigenvalue weighted by molar-refractivity contribution is 5.71. The van der Waals surface area contributed by atoms with Crippen LogP contribution in [0.15, 0.2) is 48.6 Å². The molecule has 0 radical (unpaired) electrons. The van der Waals surface area contributed by atoms with Crippen LogP contribution in [0.3, 0.4) is 0 Å². The van der Waals surface area contributed by atoms with Crippen molar-refractivity contribution in [2.75, 3.05) is 13.2 Å². The molecule has 0 saturated carbocycles. The van der Waals surface area contributed by atoms with E-state index in [-0.39, 0.29) is 31.1 Å². The fourth-order valence-electron chi connectivity index (χ4n) is 8.75. The van der Waals surface area contributed by atoms with Crippen molar-refractivity contribution >= 4 is 17.9 Å². The summed E-state index contributed by atoms with van der Waals surface area (Å²) in [6, 6.07) is 0. The van der Waals surface area contributed by atoms with E-state index in [4.69, 9.17) is 14.2 Å². The SMILES string of the molecule is CCC/C=C\C/C=C\CCCCCCCC(=O)OC(COC(=O)CCCCCCCCCCC)COC(=O)CCCCCCCCCCCCCCCCCCC/C=C\C/C=C\CCCCCCC. The van der Waals surface area contributed by atoms with E-state index >= 15 is 0 Å². The predicted molar refractivity (Wildman–Crippen MR) is 298 cm³/mol. The quantitative estimate of drug-likeness (QED) is 0.0262. The Bertz CT molecular complexity index is 1200. The van der Waals surface area contributed by atoms with E-state index in [2.05, 4.69) is 69.4 Å². The van der Waals surface area contributed by atoms with Crippen LogP contribution in [0.4, 0.5) is 0 Å². The summed E-state index contributed by atoms with van der Waals surface area (Å²) in [6.45, 7) is 6.56. The molecule has 402 valence electrons. The van der Waals surface area contributed by atoms with Gasteiger partial charge < -0.3 is 14.2 Å². The minimum absolute atomic E-state index is 0.0753. The number of ether oxygens (including phenoxy) is 3. The van der Waals surface area contributed by atoms with Gasteiger partial charge in [0.15, 0.2) is 6.10 Å². The molecule has 6 nitrogen and oxygen atoms in total. The third-order valence-electron chi connectivity index (χ3n) is 13.3. The third-order valence-corrected chi connectivity index (χ3v) is 13.3. The lowest BCUT2D eigenvalue weighted by atomic mass is 10.0. The molecule has 1 unspecified atom stereocenters. The predicted octanol–water partition coefficient (Wildman–Crippen LogP) is 20.2. The number of unbranched alkanes of at least 4 members (excludes halogenated alkanes) is 36. The summed E-state index contributed by atoms with van der Waals surface area (Å²) in [4.78, 5) is 38.0. The second-order valence-electron chi connectivity index (χ2n) is 20.3. The van der Waals surface area contributed by atoms with Gasteiger partial charge in [0.25, 0.3) is 0 Å². The van der Waals surface area contributed by atoms with E-state index < -0.39 is 6.10 Å². The summed E-state index contributed by atoms with van der Waals surface area (Å²) in [5.74, 6) is -0.879. The van der Waals surface area contributed by atoms with Gasteiger partial charge in [0.1, 0.15) is 13.2 Å². The van der Waals surface area contributed by atoms with E-state index in [1.807, 2.05) is 0 Å². The van der Waals surface area contributed by atoms with Crippen molar-refractivity contribution in [3.05, 3.63) is 48.6 Å². The van der Waals surface area contributed by atoms with Crippen LogP contribution >= 0.6 is 0 Å². The number of esters is 3. The Labute approximate surface area is 428 Å². The minimum atomic E-state index is -0.776. The van der Waals surface area contributed by atoms with Crippen LogP contribution in [0.25, 0.3) is 0 Å². The van der Waals surface area contributed by atoms with Crippen molar-refractivity contribution in [2.24, 2.45) is 0 Å². The lowest BCUT2D eigenvalue weighted by Gasteiger charge is -2.18. The maximum atomic E-state index is 12.8. The van der Waals surface area contributed by atoms with Crippen molar-refractivity contribution in [3.8, 4) is 0 Å². The van der Waals surface area contributed by atoms with E-state index in [1.54, 1.807) is 0 Å². The van der Waals surface area contributed by atoms with Crippen LogP contribution in [0.1, 0.15) is 316 Å². The van der Waals surface area contributed by atoms with Gasteiger partial charge in [0.05, 0.1) is 0 Å². The van der Waals surface area contributed by atoms with E-state index in [0.29, 0.717) is 19.3 Å². The van der Waals surface area contributed by atoms with Gasteiger partial charge in [0.2, 0.25) is 0 Å². The molecular weight excluding hydrogens is 853 g/mol. The molecule has 6 heteroatoms. The lowest BCUT2D eigenvalue weighted by Crippen LogP contribution is -2.30. The van der Waals surface area contributed by atoms with Gasteiger partial charge in [-0.1, -0.05) is 268 Å². The van der Waals surface area contributed by atoms with Crippen molar-refractivity contribution in [3.63, 3.8) is 0 Å². The fourth-order valence-corrected chi connectivity index (χ4v) is 8.75. The second-order valence-corrected chi connectivity index (χ2v) is 20.3. The van der Waals surface area contributed by atoms with Gasteiger partial charge >= 0.3 is 17.9 Å². The number of carbonyl (C=O) groups excluding carboxylic acids is 3. The molecule has 0 amide bonds. The topological polar surface area (TPSA) is 78.9 Å². The molecule has 0 aliphatic heterocycles. The Morgan fingerprint density at radius 1 is 0.290 bits per heavy atom. The summed E-state index contributed by atoms with van der Waals surface area (Å²) in [5, 5.41) is 0. The molecule has 0 aromatic heterocycles. The molecule has 0 aliphatic rings. The average Bonchev–Trinajstić information content (AvgIpc) is 3.35. The largest absolute Gasteiger partial charge is 0.462 e. The molecule has 0 aromatic carbocycles. The molecule has 0 bridgehead atoms. The highest BCUT2D eigenvalue weighted by Crippen LogP contribution is 2.17. The van der Waals surface area contributed by atoms with Gasteiger partial charge in [-0.15, -0.1) is 0 Å². The van der Waals surface area contributed by atoms with Crippen LogP contribution in [-0.4, -0.2) is 37.2 Å². The van der Waals surface area contributed by atoms with E-state index in [0.717, 1.165) is 96.3 Å². The van der Waals surface area contributed by atoms with Gasteiger partial charge in [0, 0.05) is 19.3 Å². The number of allylic oxidation sites excluding steroid dienone is 8. The minimum Gasteiger partial charge on any atom is -0.462 e. The first-order valence-corrected chi connectivity index (χ1v) is 30.1. The maximum Gasteiger partial charge on any atom is 0.306 e. The molecule has 0 N–H and O–H groups in total. The van der Waals surface area contributed by atoms with Crippen LogP contribution in [0.5, 0.6) is 0 Å². The lowest BCUT2D eigenvalue weighted by molar-refractivity contribution is -0.167. The summed E-state index contributed by atoms with van der Waals surface area (Å²) >= 11 is 0. The molecule has 0 rings (SSSR count). The first kappa shape index (κ1) is 66.4. The van der Waals surface area contributed by atoms with Crippen LogP contribution < -0.4 is 0 Å². The maximum absolute atomic E-state index is 12.8. The summed E-state index contributed by atoms with van der Waals surface area (Å²) in [7, 11) is 0. The second kappa shape index (κ2) is 57.9. The molecule has 69 heavy (non-hydrogen) atoms. The van der Waals surface area contributed by atoms with Crippen molar-refractivity contribution in [1.82, 2.24) is 0 Å². The Hall–Kier alpha value is -2.63. The van der Waals surface area contributed by atoms with Crippen molar-refractivity contribution in [2.45, 2.75) is 322 Å². The third kappa shape index (κ3) is 56.2. The number of hydrogen-bond acceptors (Lipinski definition) is 6. The van der Waals surface area contributed by atoms with Crippen LogP contribution in [0, 0.1) is 0 Å². The summed E-state index contributed by atoms with van der Waals surface area (Å²) in [5.41, 5.74) is 0. The van der Waals surface area contributed by atoms with E-state index in [1.165, 1.54) is 180 Å². The fraction of sp³-hybridized carbons (Fsp3) is 0.825. The zero-order valence-corrected chi connectivity index (χ0v) is 46.1. The molecule has 0 aromatic rings. The van der Waals surface area contributed by atoms with Gasteiger partial charge in [-0.05, 0) is 77.0 Å². The zero-order chi connectivity index (χ0) is 50.0. The normalized spacial score (nSPS) is 12.3. The zero-order valence-electron chi connectivity index (χ0n) is 46.1. The Balaban J connectivity index is 4.08. The Kier molecular flexibility index (Phi) is 55.7. The van der Waals surface area contributed by atoms with Gasteiger partial charge in [-0.3, -0.25) is 14.4 Å². The molecule has 0 saturated heterocycles. The molecular formula is C63H114O6. The molecule has 0 heterocycles. The van der Waals surface area contributed by atoms with E-state index in [9.17, 15) is 14.4 Å². The van der Waals surface area contributed by atoms with Crippen LogP contribution in [-0.2, 0) is 28.6 Å². The molecule has 0 aliphatic carbocycles. The molecule has 0 spiro atoms. The number of carbonyl (C=O) groups is 3. The molecule has 1 atom stereocenters. The standard InChI is InChI=1S/C63H114O6/c1-4-7-10-13-16-19-21-23-24-25-26-27-28-29-30-31-32-33-34-35-36-37-38-40-41-44-47-50-53-56-62(65)68-59-60(58-67-61(64)55-52-49-46-43-18-15-12-9-6-3)69-63(66)57-54-51-48-45-42-39-22-20-17-14-11-8-5-2/h11,14,20-23,25-26,60H,4-10,12-13,15-19,24,27-59H2,1-3H3/b14-11-,22-20-,23-21-,26-25-.